The number of carbonyl (C=O) groups is 3. The third-order valence-electron chi connectivity index (χ3n) is 5.91. The second-order valence-corrected chi connectivity index (χ2v) is 9.33. The highest BCUT2D eigenvalue weighted by Gasteiger charge is 2.65. The van der Waals surface area contributed by atoms with Gasteiger partial charge in [-0.25, -0.2) is 9.59 Å². The van der Waals surface area contributed by atoms with Crippen molar-refractivity contribution in [3.05, 3.63) is 35.9 Å². The van der Waals surface area contributed by atoms with Crippen molar-refractivity contribution in [2.24, 2.45) is 5.41 Å². The van der Waals surface area contributed by atoms with Gasteiger partial charge in [-0.2, -0.15) is 0 Å². The Bertz CT molecular complexity index is 840. The first-order valence-corrected chi connectivity index (χ1v) is 11.0. The lowest BCUT2D eigenvalue weighted by molar-refractivity contribution is -0.162. The van der Waals surface area contributed by atoms with E-state index < -0.39 is 34.7 Å². The Kier molecular flexibility index (Phi) is 6.97. The summed E-state index contributed by atoms with van der Waals surface area (Å²) in [6.07, 6.45) is -0.747. The summed E-state index contributed by atoms with van der Waals surface area (Å²) in [7, 11) is 0. The number of nitrogens with one attached hydrogen (secondary N) is 2. The monoisotopic (exact) mass is 447 g/mol. The van der Waals surface area contributed by atoms with Gasteiger partial charge in [0, 0.05) is 26.2 Å². The van der Waals surface area contributed by atoms with Gasteiger partial charge in [-0.05, 0) is 39.7 Å². The van der Waals surface area contributed by atoms with Crippen LogP contribution in [-0.2, 0) is 25.6 Å². The summed E-state index contributed by atoms with van der Waals surface area (Å²) < 4.78 is 16.3. The summed E-state index contributed by atoms with van der Waals surface area (Å²) in [5.74, 6) is -0.457. The summed E-state index contributed by atoms with van der Waals surface area (Å²) in [4.78, 5) is 40.2. The van der Waals surface area contributed by atoms with Gasteiger partial charge in [-0.1, -0.05) is 30.3 Å². The molecule has 3 rings (SSSR count). The molecule has 0 aliphatic carbocycles. The highest BCUT2D eigenvalue weighted by atomic mass is 16.6. The van der Waals surface area contributed by atoms with Crippen LogP contribution in [0.15, 0.2) is 30.3 Å². The molecule has 176 valence electrons. The molecule has 9 heteroatoms. The van der Waals surface area contributed by atoms with E-state index in [4.69, 9.17) is 14.2 Å². The van der Waals surface area contributed by atoms with Crippen LogP contribution in [0.5, 0.6) is 0 Å². The van der Waals surface area contributed by atoms with Gasteiger partial charge >= 0.3 is 18.2 Å². The summed E-state index contributed by atoms with van der Waals surface area (Å²) in [5, 5.41) is 6.17. The molecule has 2 saturated heterocycles. The Balaban J connectivity index is 1.79. The van der Waals surface area contributed by atoms with Gasteiger partial charge in [-0.3, -0.25) is 4.79 Å². The molecule has 1 aromatic rings. The fraction of sp³-hybridized carbons (Fsp3) is 0.609. The van der Waals surface area contributed by atoms with Crippen LogP contribution in [0.4, 0.5) is 9.59 Å². The van der Waals surface area contributed by atoms with E-state index in [1.807, 2.05) is 30.3 Å². The average molecular weight is 448 g/mol. The molecular formula is C23H33N3O6. The molecule has 2 N–H and O–H groups in total. The predicted octanol–water partition coefficient (Wildman–Crippen LogP) is 2.45. The number of benzene rings is 1. The van der Waals surface area contributed by atoms with Crippen molar-refractivity contribution in [2.75, 3.05) is 32.8 Å². The van der Waals surface area contributed by atoms with E-state index in [2.05, 4.69) is 10.6 Å². The van der Waals surface area contributed by atoms with Crippen molar-refractivity contribution in [3.8, 4) is 0 Å². The molecule has 0 aromatic heterocycles. The number of hydrogen-bond donors (Lipinski definition) is 2. The maximum atomic E-state index is 13.2. The number of alkyl carbamates (subject to hydrolysis) is 1. The van der Waals surface area contributed by atoms with Gasteiger partial charge in [0.05, 0.1) is 12.1 Å². The van der Waals surface area contributed by atoms with E-state index in [9.17, 15) is 14.4 Å². The van der Waals surface area contributed by atoms with Crippen LogP contribution >= 0.6 is 0 Å². The summed E-state index contributed by atoms with van der Waals surface area (Å²) in [6, 6.07) is 9.36. The van der Waals surface area contributed by atoms with E-state index in [1.165, 1.54) is 4.90 Å². The molecule has 0 radical (unpaired) electrons. The van der Waals surface area contributed by atoms with Gasteiger partial charge in [0.25, 0.3) is 0 Å². The number of hydrogen-bond acceptors (Lipinski definition) is 7. The molecule has 0 bridgehead atoms. The first kappa shape index (κ1) is 23.8. The van der Waals surface area contributed by atoms with Crippen molar-refractivity contribution >= 4 is 18.2 Å². The first-order chi connectivity index (χ1) is 15.1. The van der Waals surface area contributed by atoms with Crippen LogP contribution < -0.4 is 10.6 Å². The minimum atomic E-state index is -1.15. The maximum absolute atomic E-state index is 13.2. The zero-order chi connectivity index (χ0) is 23.4. The van der Waals surface area contributed by atoms with E-state index in [1.54, 1.807) is 27.7 Å². The van der Waals surface area contributed by atoms with Crippen molar-refractivity contribution in [3.63, 3.8) is 0 Å². The van der Waals surface area contributed by atoms with Crippen molar-refractivity contribution in [2.45, 2.75) is 51.9 Å². The third kappa shape index (κ3) is 4.98. The van der Waals surface area contributed by atoms with E-state index >= 15 is 0 Å². The Morgan fingerprint density at radius 2 is 1.84 bits per heavy atom. The van der Waals surface area contributed by atoms with Crippen LogP contribution in [0.3, 0.4) is 0 Å². The van der Waals surface area contributed by atoms with Gasteiger partial charge in [0.15, 0.2) is 0 Å². The largest absolute Gasteiger partial charge is 0.465 e. The predicted molar refractivity (Wildman–Crippen MR) is 117 cm³/mol. The van der Waals surface area contributed by atoms with Gasteiger partial charge in [0.2, 0.25) is 0 Å². The summed E-state index contributed by atoms with van der Waals surface area (Å²) in [5.41, 5.74) is -1.88. The smallest absolute Gasteiger partial charge is 0.410 e. The molecule has 0 unspecified atom stereocenters. The second kappa shape index (κ2) is 9.36. The minimum absolute atomic E-state index is 0.0761. The number of nitrogens with zero attached hydrogens (tertiary/aromatic N) is 1. The Morgan fingerprint density at radius 1 is 1.12 bits per heavy atom. The van der Waals surface area contributed by atoms with Crippen molar-refractivity contribution in [1.82, 2.24) is 15.5 Å². The standard InChI is InChI=1S/C23H33N3O6/c1-5-30-18(27)22-14-24-15-23(22,11-12-26(16-22)20(29)32-21(2,3)4)25-19(28)31-13-17-9-7-6-8-10-17/h6-10,24H,5,11-16H2,1-4H3,(H,25,28)/t22-,23+/m1/s1. The number of ether oxygens (including phenoxy) is 3. The number of likely N-dealkylation sites (tertiary alicyclic amines) is 1. The molecule has 2 aliphatic rings. The Morgan fingerprint density at radius 3 is 2.50 bits per heavy atom. The topological polar surface area (TPSA) is 106 Å². The number of rotatable bonds is 5. The summed E-state index contributed by atoms with van der Waals surface area (Å²) >= 11 is 0. The van der Waals surface area contributed by atoms with Crippen LogP contribution in [0.2, 0.25) is 0 Å². The van der Waals surface area contributed by atoms with E-state index in [0.29, 0.717) is 19.5 Å². The maximum Gasteiger partial charge on any atom is 0.410 e. The molecule has 2 aliphatic heterocycles. The first-order valence-electron chi connectivity index (χ1n) is 11.0. The quantitative estimate of drug-likeness (QED) is 0.527. The van der Waals surface area contributed by atoms with Gasteiger partial charge in [0.1, 0.15) is 17.6 Å². The highest BCUT2D eigenvalue weighted by molar-refractivity contribution is 5.83. The minimum Gasteiger partial charge on any atom is -0.465 e. The third-order valence-corrected chi connectivity index (χ3v) is 5.91. The lowest BCUT2D eigenvalue weighted by atomic mass is 9.67. The molecule has 0 spiro atoms. The van der Waals surface area contributed by atoms with Crippen LogP contribution in [0, 0.1) is 5.41 Å². The zero-order valence-corrected chi connectivity index (χ0v) is 19.2. The Hall–Kier alpha value is -2.81. The van der Waals surface area contributed by atoms with Gasteiger partial charge in [-0.15, -0.1) is 0 Å². The van der Waals surface area contributed by atoms with E-state index in [-0.39, 0.29) is 26.3 Å². The number of fused-ring (bicyclic) bond motifs is 1. The van der Waals surface area contributed by atoms with E-state index in [0.717, 1.165) is 5.56 Å². The number of esters is 1. The van der Waals surface area contributed by atoms with Crippen LogP contribution in [-0.4, -0.2) is 67.0 Å². The fourth-order valence-electron chi connectivity index (χ4n) is 4.36. The molecule has 2 heterocycles. The lowest BCUT2D eigenvalue weighted by Gasteiger charge is -2.49. The van der Waals surface area contributed by atoms with Crippen molar-refractivity contribution in [1.29, 1.82) is 0 Å². The summed E-state index contributed by atoms with van der Waals surface area (Å²) in [6.45, 7) is 8.47. The number of piperidine rings is 1. The molecule has 9 nitrogen and oxygen atoms in total. The number of carbonyl (C=O) groups excluding carboxylic acids is 3. The number of amides is 2. The van der Waals surface area contributed by atoms with Gasteiger partial charge < -0.3 is 29.7 Å². The molecule has 32 heavy (non-hydrogen) atoms. The fourth-order valence-corrected chi connectivity index (χ4v) is 4.36. The lowest BCUT2D eigenvalue weighted by Crippen LogP contribution is -2.70. The Labute approximate surface area is 188 Å². The molecule has 1 aromatic carbocycles. The average Bonchev–Trinajstić information content (AvgIpc) is 3.11. The van der Waals surface area contributed by atoms with Crippen molar-refractivity contribution < 1.29 is 28.6 Å². The molecule has 2 atom stereocenters. The second-order valence-electron chi connectivity index (χ2n) is 9.33. The zero-order valence-electron chi connectivity index (χ0n) is 19.2. The molecule has 2 fully saturated rings. The molecular weight excluding hydrogens is 414 g/mol. The van der Waals surface area contributed by atoms with Crippen LogP contribution in [0.1, 0.15) is 39.7 Å². The molecule has 2 amide bonds. The van der Waals surface area contributed by atoms with Crippen LogP contribution in [0.25, 0.3) is 0 Å². The molecule has 0 saturated carbocycles. The highest BCUT2D eigenvalue weighted by Crippen LogP contribution is 2.44. The SMILES string of the molecule is CCOC(=O)[C@]12CNC[C@@]1(NC(=O)OCc1ccccc1)CCN(C(=O)OC(C)(C)C)C2. The normalized spacial score (nSPS) is 24.9.